The summed E-state index contributed by atoms with van der Waals surface area (Å²) in [5.41, 5.74) is 4.36. The standard InChI is InChI=1S/C11H11N3O5/c1-19-9-6-7(4-5-12-9)11(18)14-13-8(15)2-3-10(16)17/h2-6H,1H3,(H,13,15)(H,14,18)(H,16,17). The summed E-state index contributed by atoms with van der Waals surface area (Å²) < 4.78 is 4.84. The van der Waals surface area contributed by atoms with Crippen LogP contribution in [0.25, 0.3) is 0 Å². The van der Waals surface area contributed by atoms with Gasteiger partial charge in [-0.05, 0) is 6.07 Å². The summed E-state index contributed by atoms with van der Waals surface area (Å²) in [7, 11) is 1.41. The monoisotopic (exact) mass is 265 g/mol. The summed E-state index contributed by atoms with van der Waals surface area (Å²) in [4.78, 5) is 36.7. The second-order valence-electron chi connectivity index (χ2n) is 3.20. The number of hydrogen-bond acceptors (Lipinski definition) is 5. The summed E-state index contributed by atoms with van der Waals surface area (Å²) in [5.74, 6) is -2.36. The number of carboxylic acid groups (broad SMARTS) is 1. The van der Waals surface area contributed by atoms with Gasteiger partial charge in [0.2, 0.25) is 5.88 Å². The highest BCUT2D eigenvalue weighted by Gasteiger charge is 2.07. The molecule has 0 aromatic carbocycles. The van der Waals surface area contributed by atoms with E-state index >= 15 is 0 Å². The van der Waals surface area contributed by atoms with Gasteiger partial charge in [0.25, 0.3) is 11.8 Å². The molecule has 0 bridgehead atoms. The molecule has 8 nitrogen and oxygen atoms in total. The average Bonchev–Trinajstić information content (AvgIpc) is 2.42. The van der Waals surface area contributed by atoms with Gasteiger partial charge >= 0.3 is 5.97 Å². The number of amides is 2. The van der Waals surface area contributed by atoms with Crippen LogP contribution in [-0.2, 0) is 9.59 Å². The minimum atomic E-state index is -1.26. The van der Waals surface area contributed by atoms with Gasteiger partial charge in [0.1, 0.15) is 0 Å². The number of aliphatic carboxylic acids is 1. The van der Waals surface area contributed by atoms with Crippen LogP contribution >= 0.6 is 0 Å². The molecule has 1 aromatic heterocycles. The van der Waals surface area contributed by atoms with Crippen LogP contribution in [0, 0.1) is 0 Å². The van der Waals surface area contributed by atoms with Gasteiger partial charge in [-0.2, -0.15) is 0 Å². The van der Waals surface area contributed by atoms with E-state index in [0.29, 0.717) is 6.08 Å². The predicted octanol–water partition coefficient (Wildman–Crippen LogP) is -0.508. The average molecular weight is 265 g/mol. The first kappa shape index (κ1) is 14.2. The Hall–Kier alpha value is -2.90. The third-order valence-corrected chi connectivity index (χ3v) is 1.88. The van der Waals surface area contributed by atoms with E-state index in [9.17, 15) is 14.4 Å². The van der Waals surface area contributed by atoms with Crippen LogP contribution < -0.4 is 15.6 Å². The number of carbonyl (C=O) groups excluding carboxylic acids is 2. The van der Waals surface area contributed by atoms with Crippen LogP contribution in [0.2, 0.25) is 0 Å². The molecular formula is C11H11N3O5. The van der Waals surface area contributed by atoms with Crippen LogP contribution in [0.3, 0.4) is 0 Å². The van der Waals surface area contributed by atoms with Crippen molar-refractivity contribution < 1.29 is 24.2 Å². The van der Waals surface area contributed by atoms with E-state index in [-0.39, 0.29) is 11.4 Å². The van der Waals surface area contributed by atoms with Gasteiger partial charge in [-0.1, -0.05) is 0 Å². The lowest BCUT2D eigenvalue weighted by Crippen LogP contribution is -2.40. The van der Waals surface area contributed by atoms with Crippen LogP contribution in [0.15, 0.2) is 30.5 Å². The first-order valence-corrected chi connectivity index (χ1v) is 5.04. The molecule has 8 heteroatoms. The highest BCUT2D eigenvalue weighted by atomic mass is 16.5. The van der Waals surface area contributed by atoms with Crippen molar-refractivity contribution in [3.05, 3.63) is 36.0 Å². The van der Waals surface area contributed by atoms with E-state index < -0.39 is 17.8 Å². The number of carboxylic acids is 1. The molecule has 100 valence electrons. The zero-order chi connectivity index (χ0) is 14.3. The van der Waals surface area contributed by atoms with Gasteiger partial charge in [-0.3, -0.25) is 20.4 Å². The van der Waals surface area contributed by atoms with Crippen molar-refractivity contribution in [1.29, 1.82) is 0 Å². The van der Waals surface area contributed by atoms with Gasteiger partial charge in [-0.15, -0.1) is 0 Å². The van der Waals surface area contributed by atoms with Gasteiger partial charge in [0.05, 0.1) is 7.11 Å². The zero-order valence-corrected chi connectivity index (χ0v) is 9.91. The number of ether oxygens (including phenoxy) is 1. The van der Waals surface area contributed by atoms with E-state index in [1.54, 1.807) is 0 Å². The molecule has 0 fully saturated rings. The molecule has 0 unspecified atom stereocenters. The Morgan fingerprint density at radius 2 is 2.05 bits per heavy atom. The molecule has 0 aliphatic heterocycles. The highest BCUT2D eigenvalue weighted by molar-refractivity contribution is 5.98. The van der Waals surface area contributed by atoms with Gasteiger partial charge in [0, 0.05) is 30.0 Å². The lowest BCUT2D eigenvalue weighted by atomic mass is 10.2. The van der Waals surface area contributed by atoms with Crippen LogP contribution in [0.1, 0.15) is 10.4 Å². The first-order valence-electron chi connectivity index (χ1n) is 5.04. The number of aromatic nitrogens is 1. The molecule has 0 aliphatic rings. The molecule has 0 saturated carbocycles. The van der Waals surface area contributed by atoms with E-state index in [2.05, 4.69) is 10.4 Å². The Morgan fingerprint density at radius 1 is 1.32 bits per heavy atom. The summed E-state index contributed by atoms with van der Waals surface area (Å²) in [6.07, 6.45) is 2.80. The molecule has 0 saturated heterocycles. The van der Waals surface area contributed by atoms with Crippen molar-refractivity contribution in [3.63, 3.8) is 0 Å². The van der Waals surface area contributed by atoms with E-state index in [1.165, 1.54) is 25.4 Å². The van der Waals surface area contributed by atoms with Gasteiger partial charge < -0.3 is 9.84 Å². The summed E-state index contributed by atoms with van der Waals surface area (Å²) in [6, 6.07) is 2.81. The Labute approximate surface area is 108 Å². The van der Waals surface area contributed by atoms with Crippen LogP contribution in [-0.4, -0.2) is 35.0 Å². The second-order valence-corrected chi connectivity index (χ2v) is 3.20. The van der Waals surface area contributed by atoms with Gasteiger partial charge in [-0.25, -0.2) is 9.78 Å². The summed E-state index contributed by atoms with van der Waals surface area (Å²) in [5, 5.41) is 8.30. The minimum absolute atomic E-state index is 0.231. The number of methoxy groups -OCH3 is 1. The Morgan fingerprint density at radius 3 is 2.68 bits per heavy atom. The SMILES string of the molecule is COc1cc(C(=O)NNC(=O)C=CC(=O)O)ccn1. The summed E-state index contributed by atoms with van der Waals surface area (Å²) >= 11 is 0. The predicted molar refractivity (Wildman–Crippen MR) is 63.2 cm³/mol. The lowest BCUT2D eigenvalue weighted by molar-refractivity contribution is -0.131. The maximum atomic E-state index is 11.6. The van der Waals surface area contributed by atoms with Crippen LogP contribution in [0.5, 0.6) is 5.88 Å². The molecule has 3 N–H and O–H groups in total. The van der Waals surface area contributed by atoms with Crippen molar-refractivity contribution in [3.8, 4) is 5.88 Å². The first-order chi connectivity index (χ1) is 9.02. The smallest absolute Gasteiger partial charge is 0.328 e. The Balaban J connectivity index is 2.55. The normalized spacial score (nSPS) is 9.95. The zero-order valence-electron chi connectivity index (χ0n) is 9.91. The van der Waals surface area contributed by atoms with Gasteiger partial charge in [0.15, 0.2) is 0 Å². The number of nitrogens with one attached hydrogen (secondary N) is 2. The number of pyridine rings is 1. The summed E-state index contributed by atoms with van der Waals surface area (Å²) in [6.45, 7) is 0. The van der Waals surface area contributed by atoms with Crippen molar-refractivity contribution in [2.24, 2.45) is 0 Å². The third kappa shape index (κ3) is 4.86. The molecule has 1 heterocycles. The second kappa shape index (κ2) is 6.74. The highest BCUT2D eigenvalue weighted by Crippen LogP contribution is 2.07. The van der Waals surface area contributed by atoms with Crippen molar-refractivity contribution in [1.82, 2.24) is 15.8 Å². The molecule has 2 amide bonds. The Bertz CT molecular complexity index is 527. The maximum absolute atomic E-state index is 11.6. The number of rotatable bonds is 4. The van der Waals surface area contributed by atoms with Crippen molar-refractivity contribution in [2.75, 3.05) is 7.11 Å². The quantitative estimate of drug-likeness (QED) is 0.498. The molecule has 1 aromatic rings. The molecule has 0 atom stereocenters. The number of carbonyl (C=O) groups is 3. The molecule has 1 rings (SSSR count). The fraction of sp³-hybridized carbons (Fsp3) is 0.0909. The van der Waals surface area contributed by atoms with Crippen molar-refractivity contribution >= 4 is 17.8 Å². The van der Waals surface area contributed by atoms with Crippen molar-refractivity contribution in [2.45, 2.75) is 0 Å². The largest absolute Gasteiger partial charge is 0.481 e. The lowest BCUT2D eigenvalue weighted by Gasteiger charge is -2.05. The molecule has 0 spiro atoms. The van der Waals surface area contributed by atoms with E-state index in [1.807, 2.05) is 5.43 Å². The van der Waals surface area contributed by atoms with Crippen LogP contribution in [0.4, 0.5) is 0 Å². The molecule has 19 heavy (non-hydrogen) atoms. The topological polar surface area (TPSA) is 118 Å². The van der Waals surface area contributed by atoms with E-state index in [0.717, 1.165) is 6.08 Å². The number of hydrogen-bond donors (Lipinski definition) is 3. The van der Waals surface area contributed by atoms with E-state index in [4.69, 9.17) is 9.84 Å². The number of hydrazine groups is 1. The maximum Gasteiger partial charge on any atom is 0.328 e. The fourth-order valence-electron chi connectivity index (χ4n) is 1.04. The molecule has 0 aliphatic carbocycles. The molecular weight excluding hydrogens is 254 g/mol. The Kier molecular flexibility index (Phi) is 5.03. The number of nitrogens with zero attached hydrogens (tertiary/aromatic N) is 1. The molecule has 0 radical (unpaired) electrons. The minimum Gasteiger partial charge on any atom is -0.481 e. The third-order valence-electron chi connectivity index (χ3n) is 1.88. The fourth-order valence-corrected chi connectivity index (χ4v) is 1.04.